The monoisotopic (exact) mass is 850 g/mol. The van der Waals surface area contributed by atoms with Gasteiger partial charge in [-0.15, -0.1) is 0 Å². The second kappa shape index (κ2) is 26.8. The summed E-state index contributed by atoms with van der Waals surface area (Å²) in [5, 5.41) is 0. The summed E-state index contributed by atoms with van der Waals surface area (Å²) < 4.78 is 88.3. The molecule has 0 saturated carbocycles. The molecule has 2 aromatic carbocycles. The molecule has 14 nitrogen and oxygen atoms in total. The molecule has 0 aromatic heterocycles. The molecular formula is C40H58MgO14S2. The first kappa shape index (κ1) is 53.9. The quantitative estimate of drug-likeness (QED) is 0.0377. The van der Waals surface area contributed by atoms with E-state index in [1.165, 1.54) is 0 Å². The van der Waals surface area contributed by atoms with E-state index in [0.717, 1.165) is 62.1 Å². The number of hydrogen-bond donors (Lipinski definition) is 0. The Hall–Kier alpha value is -3.09. The van der Waals surface area contributed by atoms with Crippen molar-refractivity contribution in [1.82, 2.24) is 0 Å². The SMILES string of the molecule is CC(C)CCCOC(=O)c1ccc(S(=O)(=O)[O-])cc1C(=O)OCCCC(C)C.CC(C)CCCOC(=O)c1ccc(S(=O)(=O)[O-])cc1C(=O)OCCCC(C)C.[Mg+2]. The molecule has 17 heteroatoms. The van der Waals surface area contributed by atoms with Crippen LogP contribution in [0, 0.1) is 23.7 Å². The number of esters is 4. The van der Waals surface area contributed by atoms with Gasteiger partial charge in [0.2, 0.25) is 0 Å². The van der Waals surface area contributed by atoms with E-state index in [9.17, 15) is 45.1 Å². The largest absolute Gasteiger partial charge is 2.00 e. The molecule has 0 amide bonds. The maximum atomic E-state index is 12.4. The van der Waals surface area contributed by atoms with Crippen molar-refractivity contribution in [3.05, 3.63) is 58.7 Å². The molecule has 0 radical (unpaired) electrons. The van der Waals surface area contributed by atoms with Crippen molar-refractivity contribution in [2.45, 2.75) is 117 Å². The molecule has 316 valence electrons. The van der Waals surface area contributed by atoms with Crippen LogP contribution >= 0.6 is 0 Å². The summed E-state index contributed by atoms with van der Waals surface area (Å²) in [6, 6.07) is 5.95. The Morgan fingerprint density at radius 1 is 0.456 bits per heavy atom. The summed E-state index contributed by atoms with van der Waals surface area (Å²) >= 11 is 0. The van der Waals surface area contributed by atoms with Gasteiger partial charge >= 0.3 is 46.9 Å². The molecular weight excluding hydrogens is 793 g/mol. The molecule has 0 N–H and O–H groups in total. The Bertz CT molecular complexity index is 1670. The normalized spacial score (nSPS) is 11.5. The Labute approximate surface area is 354 Å². The third kappa shape index (κ3) is 22.0. The van der Waals surface area contributed by atoms with Gasteiger partial charge in [-0.25, -0.2) is 36.0 Å². The number of hydrogen-bond acceptors (Lipinski definition) is 14. The zero-order valence-corrected chi connectivity index (χ0v) is 37.5. The summed E-state index contributed by atoms with van der Waals surface area (Å²) in [5.74, 6) is -1.39. The predicted octanol–water partition coefficient (Wildman–Crippen LogP) is 7.17. The van der Waals surface area contributed by atoms with Gasteiger partial charge < -0.3 is 28.1 Å². The molecule has 2 aromatic rings. The van der Waals surface area contributed by atoms with Crippen LogP contribution in [0.15, 0.2) is 46.2 Å². The Morgan fingerprint density at radius 3 is 0.895 bits per heavy atom. The van der Waals surface area contributed by atoms with E-state index in [2.05, 4.69) is 27.7 Å². The van der Waals surface area contributed by atoms with E-state index in [0.29, 0.717) is 49.4 Å². The van der Waals surface area contributed by atoms with Crippen LogP contribution in [0.3, 0.4) is 0 Å². The number of rotatable bonds is 22. The Morgan fingerprint density at radius 2 is 0.684 bits per heavy atom. The molecule has 0 atom stereocenters. The molecule has 0 aliphatic carbocycles. The van der Waals surface area contributed by atoms with Gasteiger partial charge in [0.1, 0.15) is 20.2 Å². The van der Waals surface area contributed by atoms with Gasteiger partial charge in [0.05, 0.1) is 58.5 Å². The van der Waals surface area contributed by atoms with Crippen LogP contribution in [0.4, 0.5) is 0 Å². The zero-order valence-electron chi connectivity index (χ0n) is 34.5. The van der Waals surface area contributed by atoms with E-state index in [-0.39, 0.29) is 71.7 Å². The van der Waals surface area contributed by atoms with Crippen molar-refractivity contribution in [3.8, 4) is 0 Å². The van der Waals surface area contributed by atoms with Gasteiger partial charge in [0.25, 0.3) is 0 Å². The first-order chi connectivity index (χ1) is 26.0. The fourth-order valence-corrected chi connectivity index (χ4v) is 5.98. The van der Waals surface area contributed by atoms with Crippen LogP contribution in [-0.2, 0) is 39.2 Å². The average molecular weight is 851 g/mol. The number of carbonyl (C=O) groups is 4. The zero-order chi connectivity index (χ0) is 42.6. The maximum absolute atomic E-state index is 12.4. The molecule has 0 fully saturated rings. The molecule has 0 unspecified atom stereocenters. The number of benzene rings is 2. The minimum atomic E-state index is -4.78. The van der Waals surface area contributed by atoms with Crippen LogP contribution in [0.5, 0.6) is 0 Å². The average Bonchev–Trinajstić information content (AvgIpc) is 3.10. The summed E-state index contributed by atoms with van der Waals surface area (Å²) in [6.45, 7) is 17.0. The summed E-state index contributed by atoms with van der Waals surface area (Å²) in [6.07, 6.45) is 6.09. The van der Waals surface area contributed by atoms with Crippen LogP contribution < -0.4 is 0 Å². The first-order valence-corrected chi connectivity index (χ1v) is 21.7. The van der Waals surface area contributed by atoms with Gasteiger partial charge in [-0.3, -0.25) is 0 Å². The molecule has 0 heterocycles. The topological polar surface area (TPSA) is 220 Å². The van der Waals surface area contributed by atoms with Gasteiger partial charge in [-0.2, -0.15) is 0 Å². The Balaban J connectivity index is 0.00000108. The van der Waals surface area contributed by atoms with E-state index >= 15 is 0 Å². The van der Waals surface area contributed by atoms with E-state index in [1.807, 2.05) is 27.7 Å². The molecule has 2 rings (SSSR count). The first-order valence-electron chi connectivity index (χ1n) is 18.9. The van der Waals surface area contributed by atoms with Crippen molar-refractivity contribution in [1.29, 1.82) is 0 Å². The second-order valence-corrected chi connectivity index (χ2v) is 17.8. The van der Waals surface area contributed by atoms with E-state index < -0.39 is 53.9 Å². The van der Waals surface area contributed by atoms with Crippen LogP contribution in [0.2, 0.25) is 0 Å². The van der Waals surface area contributed by atoms with Gasteiger partial charge in [-0.05, 0) is 111 Å². The van der Waals surface area contributed by atoms with Crippen molar-refractivity contribution in [3.63, 3.8) is 0 Å². The number of carbonyl (C=O) groups excluding carboxylic acids is 4. The predicted molar refractivity (Wildman–Crippen MR) is 212 cm³/mol. The molecule has 57 heavy (non-hydrogen) atoms. The van der Waals surface area contributed by atoms with E-state index in [4.69, 9.17) is 18.9 Å². The fourth-order valence-electron chi connectivity index (χ4n) is 4.99. The molecule has 0 saturated heterocycles. The third-order valence-electron chi connectivity index (χ3n) is 8.07. The van der Waals surface area contributed by atoms with Crippen LogP contribution in [0.25, 0.3) is 0 Å². The summed E-state index contributed by atoms with van der Waals surface area (Å²) in [5.41, 5.74) is -0.803. The summed E-state index contributed by atoms with van der Waals surface area (Å²) in [4.78, 5) is 48.2. The smallest absolute Gasteiger partial charge is 0.744 e. The van der Waals surface area contributed by atoms with Crippen molar-refractivity contribution in [2.24, 2.45) is 23.7 Å². The van der Waals surface area contributed by atoms with E-state index in [1.54, 1.807) is 0 Å². The van der Waals surface area contributed by atoms with Crippen molar-refractivity contribution < 1.29 is 64.1 Å². The second-order valence-electron chi connectivity index (χ2n) is 15.0. The summed E-state index contributed by atoms with van der Waals surface area (Å²) in [7, 11) is -9.56. The molecule has 0 aliphatic heterocycles. The fraction of sp³-hybridized carbons (Fsp3) is 0.600. The minimum absolute atomic E-state index is 0. The minimum Gasteiger partial charge on any atom is -0.744 e. The van der Waals surface area contributed by atoms with Crippen molar-refractivity contribution >= 4 is 67.2 Å². The number of ether oxygens (including phenoxy) is 4. The van der Waals surface area contributed by atoms with Crippen LogP contribution in [-0.4, -0.2) is 99.3 Å². The Kier molecular flexibility index (Phi) is 25.4. The van der Waals surface area contributed by atoms with Crippen molar-refractivity contribution in [2.75, 3.05) is 26.4 Å². The standard InChI is InChI=1S/2C20H30O7S.Mg/c2*1-14(2)7-5-11-26-19(21)17-10-9-16(28(23,24)25)13-18(17)20(22)27-12-6-8-15(3)4;/h2*9-10,13-15H,5-8,11-12H2,1-4H3,(H,23,24,25);/q;;+2/p-2. The van der Waals surface area contributed by atoms with Gasteiger partial charge in [0, 0.05) is 0 Å². The van der Waals surface area contributed by atoms with Gasteiger partial charge in [-0.1, -0.05) is 55.4 Å². The molecule has 0 bridgehead atoms. The molecule has 0 aliphatic rings. The maximum Gasteiger partial charge on any atom is 2.00 e. The van der Waals surface area contributed by atoms with Crippen LogP contribution in [0.1, 0.15) is 148 Å². The molecule has 0 spiro atoms. The van der Waals surface area contributed by atoms with Gasteiger partial charge in [0.15, 0.2) is 0 Å². The third-order valence-corrected chi connectivity index (χ3v) is 9.74.